The normalized spacial score (nSPS) is 17.6. The molecule has 1 N–H and O–H groups in total. The Kier molecular flexibility index (Phi) is 6.21. The van der Waals surface area contributed by atoms with Crippen molar-refractivity contribution >= 4 is 17.5 Å². The number of aromatic nitrogens is 1. The summed E-state index contributed by atoms with van der Waals surface area (Å²) < 4.78 is 0. The molecule has 1 aromatic heterocycles. The van der Waals surface area contributed by atoms with Crippen LogP contribution in [0.1, 0.15) is 80.2 Å². The minimum atomic E-state index is -0.202. The van der Waals surface area contributed by atoms with Crippen LogP contribution in [0, 0.1) is 12.3 Å². The van der Waals surface area contributed by atoms with E-state index in [2.05, 4.69) is 29.0 Å². The molecule has 0 spiro atoms. The molecule has 1 fully saturated rings. The zero-order valence-corrected chi connectivity index (χ0v) is 16.9. The Balaban J connectivity index is 2.49. The summed E-state index contributed by atoms with van der Waals surface area (Å²) in [7, 11) is 0. The van der Waals surface area contributed by atoms with E-state index in [4.69, 9.17) is 0 Å². The summed E-state index contributed by atoms with van der Waals surface area (Å²) in [6, 6.07) is 0. The maximum Gasteiger partial charge on any atom is 0.259 e. The lowest BCUT2D eigenvalue weighted by Crippen LogP contribution is -2.31. The Labute approximate surface area is 156 Å². The maximum absolute atomic E-state index is 13.0. The van der Waals surface area contributed by atoms with Crippen LogP contribution in [-0.2, 0) is 0 Å². The number of anilines is 1. The van der Waals surface area contributed by atoms with E-state index in [0.717, 1.165) is 38.0 Å². The molecular weight excluding hydrogens is 326 g/mol. The Bertz CT molecular complexity index is 735. The van der Waals surface area contributed by atoms with E-state index in [-0.39, 0.29) is 11.7 Å². The fourth-order valence-electron chi connectivity index (χ4n) is 3.40. The van der Waals surface area contributed by atoms with Crippen LogP contribution < -0.4 is 10.2 Å². The highest BCUT2D eigenvalue weighted by molar-refractivity contribution is 6.05. The smallest absolute Gasteiger partial charge is 0.259 e. The number of rotatable bonds is 4. The Morgan fingerprint density at radius 3 is 2.54 bits per heavy atom. The number of carbonyl (C=O) groups is 2. The van der Waals surface area contributed by atoms with E-state index in [0.29, 0.717) is 27.9 Å². The summed E-state index contributed by atoms with van der Waals surface area (Å²) in [5.74, 6) is 0.411. The number of ketones is 1. The molecule has 1 aromatic rings. The fraction of sp³-hybridized carbons (Fsp3) is 0.571. The molecule has 26 heavy (non-hydrogen) atoms. The van der Waals surface area contributed by atoms with Gasteiger partial charge in [-0.1, -0.05) is 19.9 Å². The zero-order valence-electron chi connectivity index (χ0n) is 16.9. The molecule has 1 amide bonds. The van der Waals surface area contributed by atoms with E-state index in [9.17, 15) is 9.59 Å². The first kappa shape index (κ1) is 20.1. The van der Waals surface area contributed by atoms with Gasteiger partial charge in [-0.25, -0.2) is 4.98 Å². The van der Waals surface area contributed by atoms with E-state index in [1.807, 2.05) is 26.8 Å². The van der Waals surface area contributed by atoms with Gasteiger partial charge in [-0.2, -0.15) is 0 Å². The molecule has 2 heterocycles. The summed E-state index contributed by atoms with van der Waals surface area (Å²) in [5.41, 5.74) is 2.80. The van der Waals surface area contributed by atoms with Crippen molar-refractivity contribution in [3.63, 3.8) is 0 Å². The molecular formula is C21H31N3O2. The molecule has 0 unspecified atom stereocenters. The second-order valence-corrected chi connectivity index (χ2v) is 7.98. The molecule has 142 valence electrons. The van der Waals surface area contributed by atoms with Gasteiger partial charge in [0.25, 0.3) is 5.91 Å². The topological polar surface area (TPSA) is 62.3 Å². The standard InChI is InChI=1S/C21H31N3O2/c1-7-14(2)23-20(26)18-15(3)17(16(4)25)13-22-19(18)24-11-8-9-21(5,6)10-12-24/h7,13H,8-12H2,1-6H3,(H,23,26)/b14-7+. The minimum absolute atomic E-state index is 0.0737. The first-order valence-corrected chi connectivity index (χ1v) is 9.36. The molecule has 5 heteroatoms. The van der Waals surface area contributed by atoms with Gasteiger partial charge >= 0.3 is 0 Å². The molecule has 1 aliphatic rings. The van der Waals surface area contributed by atoms with Crippen molar-refractivity contribution in [3.8, 4) is 0 Å². The third-order valence-electron chi connectivity index (χ3n) is 5.31. The first-order chi connectivity index (χ1) is 12.2. The van der Waals surface area contributed by atoms with E-state index < -0.39 is 0 Å². The molecule has 0 aliphatic carbocycles. The molecule has 0 saturated carbocycles. The Morgan fingerprint density at radius 1 is 1.23 bits per heavy atom. The number of nitrogens with zero attached hydrogens (tertiary/aromatic N) is 2. The van der Waals surface area contributed by atoms with Crippen LogP contribution in [-0.4, -0.2) is 29.8 Å². The lowest BCUT2D eigenvalue weighted by atomic mass is 9.85. The summed E-state index contributed by atoms with van der Waals surface area (Å²) in [4.78, 5) is 31.7. The van der Waals surface area contributed by atoms with Crippen molar-refractivity contribution in [1.29, 1.82) is 0 Å². The number of Topliss-reactive ketones (excluding diaryl/α,β-unsaturated/α-hetero) is 1. The van der Waals surface area contributed by atoms with Crippen molar-refractivity contribution < 1.29 is 9.59 Å². The number of nitrogens with one attached hydrogen (secondary N) is 1. The summed E-state index contributed by atoms with van der Waals surface area (Å²) in [5, 5.41) is 2.91. The SMILES string of the molecule is C/C=C(\C)NC(=O)c1c(N2CCCC(C)(C)CC2)ncc(C(C)=O)c1C. The number of carbonyl (C=O) groups excluding carboxylic acids is 2. The summed E-state index contributed by atoms with van der Waals surface area (Å²) in [6.45, 7) is 13.4. The monoisotopic (exact) mass is 357 g/mol. The number of allylic oxidation sites excluding steroid dienone is 2. The molecule has 0 radical (unpaired) electrons. The second-order valence-electron chi connectivity index (χ2n) is 7.98. The third kappa shape index (κ3) is 4.51. The first-order valence-electron chi connectivity index (χ1n) is 9.36. The van der Waals surface area contributed by atoms with Crippen LogP contribution in [0.2, 0.25) is 0 Å². The van der Waals surface area contributed by atoms with E-state index in [1.165, 1.54) is 6.92 Å². The van der Waals surface area contributed by atoms with Crippen molar-refractivity contribution in [2.75, 3.05) is 18.0 Å². The summed E-state index contributed by atoms with van der Waals surface area (Å²) >= 11 is 0. The zero-order chi connectivity index (χ0) is 19.5. The molecule has 1 aliphatic heterocycles. The number of hydrogen-bond acceptors (Lipinski definition) is 4. The highest BCUT2D eigenvalue weighted by atomic mass is 16.1. The van der Waals surface area contributed by atoms with Gasteiger partial charge in [-0.3, -0.25) is 9.59 Å². The van der Waals surface area contributed by atoms with Crippen molar-refractivity contribution in [2.45, 2.75) is 60.8 Å². The van der Waals surface area contributed by atoms with E-state index >= 15 is 0 Å². The quantitative estimate of drug-likeness (QED) is 0.818. The molecule has 5 nitrogen and oxygen atoms in total. The van der Waals surface area contributed by atoms with Gasteiger partial charge in [0, 0.05) is 30.5 Å². The molecule has 0 atom stereocenters. The van der Waals surface area contributed by atoms with Gasteiger partial charge < -0.3 is 10.2 Å². The predicted molar refractivity (Wildman–Crippen MR) is 106 cm³/mol. The highest BCUT2D eigenvalue weighted by Crippen LogP contribution is 2.33. The lowest BCUT2D eigenvalue weighted by Gasteiger charge is -2.26. The molecule has 2 rings (SSSR count). The average molecular weight is 357 g/mol. The highest BCUT2D eigenvalue weighted by Gasteiger charge is 2.28. The number of hydrogen-bond donors (Lipinski definition) is 1. The van der Waals surface area contributed by atoms with Crippen LogP contribution in [0.5, 0.6) is 0 Å². The van der Waals surface area contributed by atoms with Crippen molar-refractivity contribution in [1.82, 2.24) is 10.3 Å². The molecule has 1 saturated heterocycles. The van der Waals surface area contributed by atoms with Crippen molar-refractivity contribution in [3.05, 3.63) is 34.7 Å². The second kappa shape index (κ2) is 8.02. The van der Waals surface area contributed by atoms with E-state index in [1.54, 1.807) is 6.20 Å². The van der Waals surface area contributed by atoms with Crippen LogP contribution >= 0.6 is 0 Å². The number of amides is 1. The van der Waals surface area contributed by atoms with Gasteiger partial charge in [-0.05, 0) is 57.9 Å². The van der Waals surface area contributed by atoms with Crippen LogP contribution in [0.4, 0.5) is 5.82 Å². The van der Waals surface area contributed by atoms with Gasteiger partial charge in [0.05, 0.1) is 5.56 Å². The van der Waals surface area contributed by atoms with Gasteiger partial charge in [-0.15, -0.1) is 0 Å². The third-order valence-corrected chi connectivity index (χ3v) is 5.31. The van der Waals surface area contributed by atoms with Crippen LogP contribution in [0.25, 0.3) is 0 Å². The fourth-order valence-corrected chi connectivity index (χ4v) is 3.40. The van der Waals surface area contributed by atoms with Crippen molar-refractivity contribution in [2.24, 2.45) is 5.41 Å². The van der Waals surface area contributed by atoms with Crippen LogP contribution in [0.15, 0.2) is 18.0 Å². The van der Waals surface area contributed by atoms with Gasteiger partial charge in [0.15, 0.2) is 5.78 Å². The lowest BCUT2D eigenvalue weighted by molar-refractivity contribution is 0.0965. The van der Waals surface area contributed by atoms with Gasteiger partial charge in [0.2, 0.25) is 0 Å². The Hall–Kier alpha value is -2.17. The number of pyridine rings is 1. The largest absolute Gasteiger partial charge is 0.356 e. The maximum atomic E-state index is 13.0. The van der Waals surface area contributed by atoms with Crippen LogP contribution in [0.3, 0.4) is 0 Å². The molecule has 0 aromatic carbocycles. The average Bonchev–Trinajstić information content (AvgIpc) is 2.74. The Morgan fingerprint density at radius 2 is 1.92 bits per heavy atom. The molecule has 0 bridgehead atoms. The van der Waals surface area contributed by atoms with Gasteiger partial charge in [0.1, 0.15) is 5.82 Å². The summed E-state index contributed by atoms with van der Waals surface area (Å²) in [6.07, 6.45) is 6.74. The minimum Gasteiger partial charge on any atom is -0.356 e. The predicted octanol–water partition coefficient (Wildman–Crippen LogP) is 4.26.